The van der Waals surface area contributed by atoms with E-state index in [0.29, 0.717) is 24.6 Å². The Morgan fingerprint density at radius 2 is 1.86 bits per heavy atom. The standard InChI is InChI=1S/C25H31N3O6S/c1-17-10-18(2)14-27(13-17)35(31,32)20-8-9-23-21(11-20)28(25(30)16-34-23)15-24(29)26-12-19-6-4-5-7-22(19)33-3/h4-9,11,17-18H,10,12-16H2,1-3H3,(H,26,29). The minimum Gasteiger partial charge on any atom is -0.496 e. The van der Waals surface area contributed by atoms with Crippen LogP contribution in [0.3, 0.4) is 0 Å². The van der Waals surface area contributed by atoms with E-state index in [0.717, 1.165) is 12.0 Å². The SMILES string of the molecule is COc1ccccc1CNC(=O)CN1C(=O)COc2ccc(S(=O)(=O)N3CC(C)CC(C)C3)cc21. The van der Waals surface area contributed by atoms with Crippen LogP contribution < -0.4 is 19.7 Å². The number of hydrogen-bond donors (Lipinski definition) is 1. The maximum Gasteiger partial charge on any atom is 0.265 e. The number of carbonyl (C=O) groups excluding carboxylic acids is 2. The van der Waals surface area contributed by atoms with Crippen molar-refractivity contribution in [3.05, 3.63) is 48.0 Å². The monoisotopic (exact) mass is 501 g/mol. The number of nitrogens with zero attached hydrogens (tertiary/aromatic N) is 2. The average Bonchev–Trinajstić information content (AvgIpc) is 2.83. The van der Waals surface area contributed by atoms with Crippen molar-refractivity contribution < 1.29 is 27.5 Å². The quantitative estimate of drug-likeness (QED) is 0.625. The Morgan fingerprint density at radius 3 is 2.57 bits per heavy atom. The molecule has 2 unspecified atom stereocenters. The van der Waals surface area contributed by atoms with Crippen LogP contribution in [0.25, 0.3) is 0 Å². The lowest BCUT2D eigenvalue weighted by Crippen LogP contribution is -2.45. The molecule has 35 heavy (non-hydrogen) atoms. The van der Waals surface area contributed by atoms with Crippen LogP contribution in [0.2, 0.25) is 0 Å². The normalized spacial score (nSPS) is 20.7. The van der Waals surface area contributed by atoms with Crippen molar-refractivity contribution in [2.45, 2.75) is 31.7 Å². The van der Waals surface area contributed by atoms with Gasteiger partial charge in [0.1, 0.15) is 18.0 Å². The predicted octanol–water partition coefficient (Wildman–Crippen LogP) is 2.40. The molecule has 4 rings (SSSR count). The number of sulfonamides is 1. The van der Waals surface area contributed by atoms with E-state index in [9.17, 15) is 18.0 Å². The molecule has 2 aromatic rings. The fourth-order valence-corrected chi connectivity index (χ4v) is 6.41. The van der Waals surface area contributed by atoms with Crippen molar-refractivity contribution in [3.63, 3.8) is 0 Å². The molecule has 10 heteroatoms. The highest BCUT2D eigenvalue weighted by Crippen LogP contribution is 2.36. The molecular formula is C25H31N3O6S. The highest BCUT2D eigenvalue weighted by molar-refractivity contribution is 7.89. The van der Waals surface area contributed by atoms with Crippen LogP contribution in [0.4, 0.5) is 5.69 Å². The maximum atomic E-state index is 13.4. The number of hydrogen-bond acceptors (Lipinski definition) is 6. The smallest absolute Gasteiger partial charge is 0.265 e. The number of anilines is 1. The molecular weight excluding hydrogens is 470 g/mol. The molecule has 1 saturated heterocycles. The molecule has 2 heterocycles. The second-order valence-corrected chi connectivity index (χ2v) is 11.2. The van der Waals surface area contributed by atoms with Gasteiger partial charge in [0.05, 0.1) is 17.7 Å². The zero-order valence-corrected chi connectivity index (χ0v) is 21.0. The van der Waals surface area contributed by atoms with Crippen molar-refractivity contribution in [1.82, 2.24) is 9.62 Å². The van der Waals surface area contributed by atoms with Gasteiger partial charge in [-0.2, -0.15) is 4.31 Å². The molecule has 2 aromatic carbocycles. The molecule has 2 aliphatic rings. The summed E-state index contributed by atoms with van der Waals surface area (Å²) >= 11 is 0. The summed E-state index contributed by atoms with van der Waals surface area (Å²) in [6.07, 6.45) is 0.982. The minimum absolute atomic E-state index is 0.0790. The number of fused-ring (bicyclic) bond motifs is 1. The molecule has 0 aliphatic carbocycles. The van der Waals surface area contributed by atoms with Crippen LogP contribution in [-0.4, -0.2) is 57.9 Å². The summed E-state index contributed by atoms with van der Waals surface area (Å²) in [4.78, 5) is 26.7. The van der Waals surface area contributed by atoms with Crippen LogP contribution in [0.5, 0.6) is 11.5 Å². The van der Waals surface area contributed by atoms with Gasteiger partial charge in [-0.05, 0) is 42.5 Å². The van der Waals surface area contributed by atoms with Gasteiger partial charge in [-0.1, -0.05) is 32.0 Å². The summed E-state index contributed by atoms with van der Waals surface area (Å²) in [5, 5.41) is 2.80. The summed E-state index contributed by atoms with van der Waals surface area (Å²) in [6, 6.07) is 11.8. The van der Waals surface area contributed by atoms with E-state index in [2.05, 4.69) is 5.32 Å². The molecule has 188 valence electrons. The van der Waals surface area contributed by atoms with Gasteiger partial charge in [0.15, 0.2) is 6.61 Å². The summed E-state index contributed by atoms with van der Waals surface area (Å²) in [7, 11) is -2.20. The van der Waals surface area contributed by atoms with Crippen LogP contribution in [-0.2, 0) is 26.2 Å². The molecule has 0 saturated carbocycles. The zero-order chi connectivity index (χ0) is 25.2. The van der Waals surface area contributed by atoms with E-state index >= 15 is 0 Å². The molecule has 1 fully saturated rings. The highest BCUT2D eigenvalue weighted by atomic mass is 32.2. The Labute approximate surface area is 206 Å². The number of carbonyl (C=O) groups is 2. The molecule has 0 aromatic heterocycles. The Bertz CT molecular complexity index is 1210. The van der Waals surface area contributed by atoms with Gasteiger partial charge in [0.25, 0.3) is 5.91 Å². The van der Waals surface area contributed by atoms with Crippen LogP contribution in [0.1, 0.15) is 25.8 Å². The van der Waals surface area contributed by atoms with Crippen molar-refractivity contribution >= 4 is 27.5 Å². The first kappa shape index (κ1) is 25.0. The third-order valence-electron chi connectivity index (χ3n) is 6.32. The fraction of sp³-hybridized carbons (Fsp3) is 0.440. The lowest BCUT2D eigenvalue weighted by molar-refractivity contribution is -0.125. The van der Waals surface area contributed by atoms with Crippen molar-refractivity contribution in [1.29, 1.82) is 0 Å². The number of nitrogens with one attached hydrogen (secondary N) is 1. The molecule has 2 atom stereocenters. The largest absolute Gasteiger partial charge is 0.496 e. The minimum atomic E-state index is -3.76. The van der Waals surface area contributed by atoms with E-state index < -0.39 is 15.9 Å². The summed E-state index contributed by atoms with van der Waals surface area (Å²) in [5.74, 6) is 0.737. The van der Waals surface area contributed by atoms with Gasteiger partial charge in [-0.25, -0.2) is 8.42 Å². The number of ether oxygens (including phenoxy) is 2. The van der Waals surface area contributed by atoms with Gasteiger partial charge in [0, 0.05) is 25.2 Å². The van der Waals surface area contributed by atoms with E-state index in [4.69, 9.17) is 9.47 Å². The number of benzene rings is 2. The lowest BCUT2D eigenvalue weighted by Gasteiger charge is -2.34. The topological polar surface area (TPSA) is 105 Å². The van der Waals surface area contributed by atoms with E-state index in [1.54, 1.807) is 19.2 Å². The first-order chi connectivity index (χ1) is 16.7. The van der Waals surface area contributed by atoms with Crippen LogP contribution in [0, 0.1) is 11.8 Å². The third-order valence-corrected chi connectivity index (χ3v) is 8.14. The van der Waals surface area contributed by atoms with Crippen LogP contribution in [0.15, 0.2) is 47.4 Å². The fourth-order valence-electron chi connectivity index (χ4n) is 4.71. The number of piperidine rings is 1. The van der Waals surface area contributed by atoms with Gasteiger partial charge in [0.2, 0.25) is 15.9 Å². The van der Waals surface area contributed by atoms with Gasteiger partial charge in [-0.3, -0.25) is 14.5 Å². The Morgan fingerprint density at radius 1 is 1.14 bits per heavy atom. The molecule has 0 radical (unpaired) electrons. The van der Waals surface area contributed by atoms with Crippen LogP contribution >= 0.6 is 0 Å². The predicted molar refractivity (Wildman–Crippen MR) is 131 cm³/mol. The second-order valence-electron chi connectivity index (χ2n) is 9.25. The van der Waals surface area contributed by atoms with Gasteiger partial charge >= 0.3 is 0 Å². The maximum absolute atomic E-state index is 13.4. The molecule has 0 spiro atoms. The number of rotatable bonds is 7. The third kappa shape index (κ3) is 5.43. The van der Waals surface area contributed by atoms with Crippen molar-refractivity contribution in [2.24, 2.45) is 11.8 Å². The summed E-state index contributed by atoms with van der Waals surface area (Å²) in [5.41, 5.74) is 1.07. The molecule has 2 amide bonds. The Balaban J connectivity index is 1.53. The lowest BCUT2D eigenvalue weighted by atomic mass is 9.94. The van der Waals surface area contributed by atoms with E-state index in [1.807, 2.05) is 32.0 Å². The zero-order valence-electron chi connectivity index (χ0n) is 20.2. The van der Waals surface area contributed by atoms with Gasteiger partial charge in [-0.15, -0.1) is 0 Å². The summed E-state index contributed by atoms with van der Waals surface area (Å²) < 4.78 is 39.1. The number of methoxy groups -OCH3 is 1. The van der Waals surface area contributed by atoms with Crippen molar-refractivity contribution in [2.75, 3.05) is 38.3 Å². The molecule has 0 bridgehead atoms. The Hall–Kier alpha value is -3.11. The van der Waals surface area contributed by atoms with Gasteiger partial charge < -0.3 is 14.8 Å². The number of amides is 2. The van der Waals surface area contributed by atoms with Crippen molar-refractivity contribution in [3.8, 4) is 11.5 Å². The average molecular weight is 502 g/mol. The van der Waals surface area contributed by atoms with E-state index in [-0.39, 0.29) is 48.0 Å². The highest BCUT2D eigenvalue weighted by Gasteiger charge is 2.34. The molecule has 2 aliphatic heterocycles. The molecule has 1 N–H and O–H groups in total. The van der Waals surface area contributed by atoms with E-state index in [1.165, 1.54) is 21.3 Å². The first-order valence-corrected chi connectivity index (χ1v) is 13.1. The first-order valence-electron chi connectivity index (χ1n) is 11.6. The number of para-hydroxylation sites is 1. The molecule has 9 nitrogen and oxygen atoms in total. The summed E-state index contributed by atoms with van der Waals surface area (Å²) in [6.45, 7) is 4.74. The second kappa shape index (κ2) is 10.2. The Kier molecular flexibility index (Phi) is 7.32.